The number of carbonyl (C=O) groups excluding carboxylic acids is 1. The van der Waals surface area contributed by atoms with Crippen molar-refractivity contribution < 1.29 is 9.18 Å². The van der Waals surface area contributed by atoms with Crippen molar-refractivity contribution >= 4 is 5.91 Å². The van der Waals surface area contributed by atoms with Crippen LogP contribution in [0, 0.1) is 5.82 Å². The molecule has 1 N–H and O–H groups in total. The van der Waals surface area contributed by atoms with Crippen molar-refractivity contribution in [1.29, 1.82) is 0 Å². The zero-order valence-electron chi connectivity index (χ0n) is 14.4. The molecule has 2 aromatic rings. The number of fused-ring (bicyclic) bond motifs is 1. The van der Waals surface area contributed by atoms with Crippen LogP contribution in [0.3, 0.4) is 0 Å². The van der Waals surface area contributed by atoms with Crippen molar-refractivity contribution in [1.82, 2.24) is 5.32 Å². The minimum Gasteiger partial charge on any atom is -0.352 e. The standard InChI is InChI=1S/C22H24FNO/c23-19-9-5-8-18(15-19)22(12-3-4-13-22)21(25)24-20-11-10-16-6-1-2-7-17(16)14-20/h1-2,5-9,15,20H,3-4,10-14H2,(H,24,25). The molecule has 3 heteroatoms. The Hall–Kier alpha value is -2.16. The second-order valence-corrected chi connectivity index (χ2v) is 7.48. The number of amides is 1. The van der Waals surface area contributed by atoms with Crippen LogP contribution >= 0.6 is 0 Å². The Morgan fingerprint density at radius 3 is 2.56 bits per heavy atom. The Kier molecular flexibility index (Phi) is 4.32. The van der Waals surface area contributed by atoms with E-state index in [9.17, 15) is 9.18 Å². The predicted molar refractivity (Wildman–Crippen MR) is 96.9 cm³/mol. The smallest absolute Gasteiger partial charge is 0.230 e. The van der Waals surface area contributed by atoms with Gasteiger partial charge in [0.05, 0.1) is 5.41 Å². The molecule has 2 aliphatic rings. The summed E-state index contributed by atoms with van der Waals surface area (Å²) in [4.78, 5) is 13.2. The van der Waals surface area contributed by atoms with Gasteiger partial charge in [0.25, 0.3) is 0 Å². The lowest BCUT2D eigenvalue weighted by Crippen LogP contribution is -2.48. The number of hydrogen-bond donors (Lipinski definition) is 1. The van der Waals surface area contributed by atoms with Crippen LogP contribution in [-0.2, 0) is 23.1 Å². The average molecular weight is 337 g/mol. The van der Waals surface area contributed by atoms with Gasteiger partial charge in [-0.05, 0) is 60.9 Å². The molecule has 0 radical (unpaired) electrons. The van der Waals surface area contributed by atoms with E-state index in [2.05, 4.69) is 29.6 Å². The van der Waals surface area contributed by atoms with E-state index in [0.29, 0.717) is 0 Å². The first-order valence-electron chi connectivity index (χ1n) is 9.31. The highest BCUT2D eigenvalue weighted by molar-refractivity contribution is 5.88. The Balaban J connectivity index is 1.55. The summed E-state index contributed by atoms with van der Waals surface area (Å²) in [5.41, 5.74) is 3.01. The van der Waals surface area contributed by atoms with Gasteiger partial charge in [0, 0.05) is 6.04 Å². The summed E-state index contributed by atoms with van der Waals surface area (Å²) >= 11 is 0. The molecule has 25 heavy (non-hydrogen) atoms. The number of rotatable bonds is 3. The number of aryl methyl sites for hydroxylation is 1. The molecule has 0 bridgehead atoms. The van der Waals surface area contributed by atoms with Gasteiger partial charge >= 0.3 is 0 Å². The molecule has 1 atom stereocenters. The number of carbonyl (C=O) groups is 1. The second-order valence-electron chi connectivity index (χ2n) is 7.48. The predicted octanol–water partition coefficient (Wildman–Crippen LogP) is 4.31. The van der Waals surface area contributed by atoms with Crippen LogP contribution in [0.15, 0.2) is 48.5 Å². The van der Waals surface area contributed by atoms with E-state index >= 15 is 0 Å². The normalized spacial score (nSPS) is 21.6. The summed E-state index contributed by atoms with van der Waals surface area (Å²) in [6, 6.07) is 15.3. The van der Waals surface area contributed by atoms with Gasteiger partial charge in [-0.3, -0.25) is 4.79 Å². The molecule has 1 unspecified atom stereocenters. The van der Waals surface area contributed by atoms with Gasteiger partial charge in [0.2, 0.25) is 5.91 Å². The van der Waals surface area contributed by atoms with Gasteiger partial charge in [-0.1, -0.05) is 49.2 Å². The largest absolute Gasteiger partial charge is 0.352 e. The van der Waals surface area contributed by atoms with Gasteiger partial charge in [0.1, 0.15) is 5.82 Å². The zero-order valence-corrected chi connectivity index (χ0v) is 14.4. The summed E-state index contributed by atoms with van der Waals surface area (Å²) in [6.07, 6.45) is 6.54. The molecule has 1 amide bonds. The summed E-state index contributed by atoms with van der Waals surface area (Å²) in [6.45, 7) is 0. The Bertz CT molecular complexity index is 779. The molecule has 0 heterocycles. The molecule has 2 aromatic carbocycles. The van der Waals surface area contributed by atoms with Gasteiger partial charge in [0.15, 0.2) is 0 Å². The molecule has 130 valence electrons. The van der Waals surface area contributed by atoms with Gasteiger partial charge in [-0.25, -0.2) is 4.39 Å². The van der Waals surface area contributed by atoms with Crippen LogP contribution in [0.5, 0.6) is 0 Å². The molecule has 1 fully saturated rings. The maximum absolute atomic E-state index is 13.7. The van der Waals surface area contributed by atoms with E-state index in [1.54, 1.807) is 12.1 Å². The average Bonchev–Trinajstić information content (AvgIpc) is 3.13. The second kappa shape index (κ2) is 6.62. The molecule has 4 rings (SSSR count). The quantitative estimate of drug-likeness (QED) is 0.888. The molecule has 2 aliphatic carbocycles. The highest BCUT2D eigenvalue weighted by Gasteiger charge is 2.43. The van der Waals surface area contributed by atoms with Gasteiger partial charge in [-0.15, -0.1) is 0 Å². The van der Waals surface area contributed by atoms with Crippen molar-refractivity contribution in [3.8, 4) is 0 Å². The number of hydrogen-bond acceptors (Lipinski definition) is 1. The number of benzene rings is 2. The zero-order chi connectivity index (χ0) is 17.3. The molecular weight excluding hydrogens is 313 g/mol. The first kappa shape index (κ1) is 16.3. The van der Waals surface area contributed by atoms with Crippen molar-refractivity contribution in [3.05, 3.63) is 71.0 Å². The van der Waals surface area contributed by atoms with Crippen LogP contribution in [-0.4, -0.2) is 11.9 Å². The van der Waals surface area contributed by atoms with Crippen LogP contribution in [0.25, 0.3) is 0 Å². The maximum atomic E-state index is 13.7. The van der Waals surface area contributed by atoms with Crippen molar-refractivity contribution in [2.24, 2.45) is 0 Å². The molecule has 0 spiro atoms. The van der Waals surface area contributed by atoms with E-state index < -0.39 is 5.41 Å². The highest BCUT2D eigenvalue weighted by Crippen LogP contribution is 2.42. The summed E-state index contributed by atoms with van der Waals surface area (Å²) < 4.78 is 13.7. The van der Waals surface area contributed by atoms with Crippen molar-refractivity contribution in [2.45, 2.75) is 56.4 Å². The summed E-state index contributed by atoms with van der Waals surface area (Å²) in [7, 11) is 0. The minimum atomic E-state index is -0.556. The first-order valence-corrected chi connectivity index (χ1v) is 9.31. The van der Waals surface area contributed by atoms with Crippen LogP contribution in [0.2, 0.25) is 0 Å². The third-order valence-corrected chi connectivity index (χ3v) is 5.95. The highest BCUT2D eigenvalue weighted by atomic mass is 19.1. The summed E-state index contributed by atoms with van der Waals surface area (Å²) in [5, 5.41) is 3.30. The maximum Gasteiger partial charge on any atom is 0.230 e. The number of nitrogens with one attached hydrogen (secondary N) is 1. The van der Waals surface area contributed by atoms with E-state index in [4.69, 9.17) is 0 Å². The van der Waals surface area contributed by atoms with Gasteiger partial charge in [-0.2, -0.15) is 0 Å². The lowest BCUT2D eigenvalue weighted by molar-refractivity contribution is -0.127. The molecule has 1 saturated carbocycles. The van der Waals surface area contributed by atoms with Crippen LogP contribution < -0.4 is 5.32 Å². The molecule has 0 aromatic heterocycles. The lowest BCUT2D eigenvalue weighted by atomic mass is 9.77. The van der Waals surface area contributed by atoms with E-state index in [0.717, 1.165) is 50.5 Å². The minimum absolute atomic E-state index is 0.0833. The Morgan fingerprint density at radius 2 is 1.80 bits per heavy atom. The van der Waals surface area contributed by atoms with E-state index in [-0.39, 0.29) is 17.8 Å². The molecular formula is C22H24FNO. The Labute approximate surface area is 148 Å². The monoisotopic (exact) mass is 337 g/mol. The lowest BCUT2D eigenvalue weighted by Gasteiger charge is -2.33. The van der Waals surface area contributed by atoms with E-state index in [1.807, 2.05) is 6.07 Å². The van der Waals surface area contributed by atoms with Crippen LogP contribution in [0.1, 0.15) is 48.8 Å². The molecule has 0 saturated heterocycles. The van der Waals surface area contributed by atoms with Crippen molar-refractivity contribution in [3.63, 3.8) is 0 Å². The van der Waals surface area contributed by atoms with Crippen LogP contribution in [0.4, 0.5) is 4.39 Å². The number of halogens is 1. The van der Waals surface area contributed by atoms with E-state index in [1.165, 1.54) is 17.2 Å². The van der Waals surface area contributed by atoms with Crippen molar-refractivity contribution in [2.75, 3.05) is 0 Å². The fourth-order valence-electron chi connectivity index (χ4n) is 4.56. The SMILES string of the molecule is O=C(NC1CCc2ccccc2C1)C1(c2cccc(F)c2)CCCC1. The summed E-state index contributed by atoms with van der Waals surface area (Å²) in [5.74, 6) is -0.178. The fraction of sp³-hybridized carbons (Fsp3) is 0.409. The molecule has 2 nitrogen and oxygen atoms in total. The Morgan fingerprint density at radius 1 is 1.04 bits per heavy atom. The molecule has 0 aliphatic heterocycles. The fourth-order valence-corrected chi connectivity index (χ4v) is 4.56. The third kappa shape index (κ3) is 3.08. The van der Waals surface area contributed by atoms with Gasteiger partial charge < -0.3 is 5.32 Å². The first-order chi connectivity index (χ1) is 12.2. The third-order valence-electron chi connectivity index (χ3n) is 5.95. The topological polar surface area (TPSA) is 29.1 Å².